The number of hydrogen-bond acceptors (Lipinski definition) is 3. The number of benzene rings is 1. The van der Waals surface area contributed by atoms with Gasteiger partial charge in [0, 0.05) is 31.8 Å². The van der Waals surface area contributed by atoms with Crippen molar-refractivity contribution < 1.29 is 0 Å². The first kappa shape index (κ1) is 19.2. The Balaban J connectivity index is 0.00000109. The molecule has 0 radical (unpaired) electrons. The number of aryl methyl sites for hydroxylation is 1. The zero-order chi connectivity index (χ0) is 18.3. The fraction of sp³-hybridized carbons (Fsp3) is 0.524. The van der Waals surface area contributed by atoms with Crippen molar-refractivity contribution in [2.24, 2.45) is 12.5 Å². The second-order valence-electron chi connectivity index (χ2n) is 6.99. The molecule has 0 saturated carbocycles. The van der Waals surface area contributed by atoms with Crippen LogP contribution in [0.3, 0.4) is 0 Å². The number of nitrogens with zero attached hydrogens (tertiary/aromatic N) is 4. The van der Waals surface area contributed by atoms with Gasteiger partial charge in [-0.2, -0.15) is 10.4 Å². The van der Waals surface area contributed by atoms with E-state index >= 15 is 0 Å². The maximum absolute atomic E-state index is 8.94. The molecule has 0 bridgehead atoms. The van der Waals surface area contributed by atoms with Gasteiger partial charge in [0.05, 0.1) is 11.8 Å². The normalized spacial score (nSPS) is 16.6. The van der Waals surface area contributed by atoms with Crippen LogP contribution >= 0.6 is 0 Å². The number of hydrogen-bond donors (Lipinski definition) is 0. The van der Waals surface area contributed by atoms with E-state index < -0.39 is 0 Å². The summed E-state index contributed by atoms with van der Waals surface area (Å²) in [6.07, 6.45) is 4.88. The third-order valence-corrected chi connectivity index (χ3v) is 4.94. The molecule has 1 aromatic heterocycles. The molecule has 4 nitrogen and oxygen atoms in total. The van der Waals surface area contributed by atoms with Gasteiger partial charge in [-0.05, 0) is 43.0 Å². The Labute approximate surface area is 152 Å². The molecule has 25 heavy (non-hydrogen) atoms. The summed E-state index contributed by atoms with van der Waals surface area (Å²) in [6, 6.07) is 13.1. The summed E-state index contributed by atoms with van der Waals surface area (Å²) >= 11 is 0. The molecule has 2 aromatic rings. The third kappa shape index (κ3) is 5.17. The van der Waals surface area contributed by atoms with Crippen molar-refractivity contribution in [1.82, 2.24) is 14.7 Å². The number of rotatable bonds is 4. The molecule has 1 aliphatic heterocycles. The fourth-order valence-electron chi connectivity index (χ4n) is 3.23. The van der Waals surface area contributed by atoms with Gasteiger partial charge >= 0.3 is 0 Å². The van der Waals surface area contributed by atoms with Gasteiger partial charge in [0.25, 0.3) is 0 Å². The molecule has 2 heterocycles. The first-order valence-corrected chi connectivity index (χ1v) is 9.26. The van der Waals surface area contributed by atoms with E-state index in [1.165, 1.54) is 5.56 Å². The largest absolute Gasteiger partial charge is 0.299 e. The van der Waals surface area contributed by atoms with Crippen molar-refractivity contribution in [2.45, 2.75) is 46.6 Å². The second kappa shape index (κ2) is 8.82. The number of aromatic nitrogens is 2. The smallest absolute Gasteiger partial charge is 0.0923 e. The highest BCUT2D eigenvalue weighted by Gasteiger charge is 2.29. The summed E-state index contributed by atoms with van der Waals surface area (Å²) in [6.45, 7) is 9.40. The zero-order valence-corrected chi connectivity index (χ0v) is 16.0. The van der Waals surface area contributed by atoms with E-state index in [4.69, 9.17) is 5.26 Å². The minimum absolute atomic E-state index is 0.216. The standard InChI is InChI=1S/C19H24N4.C2H6/c1-19(8-11-20)9-13-23(14-10-19)15-16-3-5-17(6-4-16)18-7-12-22(2)21-18;1-2/h3-7,12H,8-10,13-15H2,1-2H3;1-2H3. The molecule has 0 N–H and O–H groups in total. The van der Waals surface area contributed by atoms with E-state index in [2.05, 4.69) is 47.3 Å². The predicted octanol–water partition coefficient (Wildman–Crippen LogP) is 4.63. The first-order valence-electron chi connectivity index (χ1n) is 9.26. The molecule has 0 amide bonds. The third-order valence-electron chi connectivity index (χ3n) is 4.94. The van der Waals surface area contributed by atoms with Gasteiger partial charge in [-0.3, -0.25) is 9.58 Å². The van der Waals surface area contributed by atoms with Gasteiger partial charge in [0.15, 0.2) is 0 Å². The van der Waals surface area contributed by atoms with Crippen molar-refractivity contribution in [3.63, 3.8) is 0 Å². The summed E-state index contributed by atoms with van der Waals surface area (Å²) in [7, 11) is 1.94. The summed E-state index contributed by atoms with van der Waals surface area (Å²) in [4.78, 5) is 2.49. The van der Waals surface area contributed by atoms with Crippen LogP contribution in [0.1, 0.15) is 45.6 Å². The van der Waals surface area contributed by atoms with Crippen LogP contribution in [-0.2, 0) is 13.6 Å². The van der Waals surface area contributed by atoms with E-state index in [1.54, 1.807) is 0 Å². The van der Waals surface area contributed by atoms with E-state index in [0.717, 1.165) is 43.7 Å². The van der Waals surface area contributed by atoms with Gasteiger partial charge in [-0.15, -0.1) is 0 Å². The van der Waals surface area contributed by atoms with Crippen molar-refractivity contribution in [3.05, 3.63) is 42.1 Å². The molecular formula is C21H30N4. The molecule has 0 spiro atoms. The molecule has 0 atom stereocenters. The molecule has 0 aliphatic carbocycles. The second-order valence-corrected chi connectivity index (χ2v) is 6.99. The maximum Gasteiger partial charge on any atom is 0.0923 e. The molecule has 1 fully saturated rings. The predicted molar refractivity (Wildman–Crippen MR) is 103 cm³/mol. The van der Waals surface area contributed by atoms with Gasteiger partial charge in [-0.1, -0.05) is 45.0 Å². The van der Waals surface area contributed by atoms with Gasteiger partial charge in [-0.25, -0.2) is 0 Å². The minimum Gasteiger partial charge on any atom is -0.299 e. The molecule has 3 rings (SSSR count). The van der Waals surface area contributed by atoms with Crippen LogP contribution in [0.25, 0.3) is 11.3 Å². The number of likely N-dealkylation sites (tertiary alicyclic amines) is 1. The van der Waals surface area contributed by atoms with E-state index in [9.17, 15) is 0 Å². The quantitative estimate of drug-likeness (QED) is 0.816. The molecule has 4 heteroatoms. The Bertz CT molecular complexity index is 685. The first-order chi connectivity index (χ1) is 12.1. The van der Waals surface area contributed by atoms with Gasteiger partial charge in [0.2, 0.25) is 0 Å². The van der Waals surface area contributed by atoms with Crippen LogP contribution in [0.5, 0.6) is 0 Å². The molecular weight excluding hydrogens is 308 g/mol. The summed E-state index contributed by atoms with van der Waals surface area (Å²) in [5, 5.41) is 13.4. The Kier molecular flexibility index (Phi) is 6.78. The Morgan fingerprint density at radius 1 is 1.12 bits per heavy atom. The highest BCUT2D eigenvalue weighted by atomic mass is 15.2. The molecule has 1 aromatic carbocycles. The summed E-state index contributed by atoms with van der Waals surface area (Å²) in [5.41, 5.74) is 3.74. The van der Waals surface area contributed by atoms with Crippen LogP contribution in [-0.4, -0.2) is 27.8 Å². The van der Waals surface area contributed by atoms with Gasteiger partial charge < -0.3 is 0 Å². The van der Waals surface area contributed by atoms with Crippen molar-refractivity contribution in [2.75, 3.05) is 13.1 Å². The number of nitriles is 1. The van der Waals surface area contributed by atoms with Crippen LogP contribution < -0.4 is 0 Å². The highest BCUT2D eigenvalue weighted by Crippen LogP contribution is 2.34. The summed E-state index contributed by atoms with van der Waals surface area (Å²) < 4.78 is 1.83. The Morgan fingerprint density at radius 2 is 1.76 bits per heavy atom. The van der Waals surface area contributed by atoms with E-state index in [0.29, 0.717) is 6.42 Å². The topological polar surface area (TPSA) is 44.9 Å². The van der Waals surface area contributed by atoms with Crippen molar-refractivity contribution in [3.8, 4) is 17.3 Å². The molecule has 1 aliphatic rings. The van der Waals surface area contributed by atoms with Crippen LogP contribution in [0.15, 0.2) is 36.5 Å². The minimum atomic E-state index is 0.216. The fourth-order valence-corrected chi connectivity index (χ4v) is 3.23. The van der Waals surface area contributed by atoms with Crippen molar-refractivity contribution >= 4 is 0 Å². The average Bonchev–Trinajstić information content (AvgIpc) is 3.06. The lowest BCUT2D eigenvalue weighted by Gasteiger charge is -2.38. The Morgan fingerprint density at radius 3 is 2.28 bits per heavy atom. The number of piperidine rings is 1. The molecule has 1 saturated heterocycles. The van der Waals surface area contributed by atoms with E-state index in [-0.39, 0.29) is 5.41 Å². The lowest BCUT2D eigenvalue weighted by Crippen LogP contribution is -2.38. The average molecular weight is 338 g/mol. The lowest BCUT2D eigenvalue weighted by atomic mass is 9.78. The SMILES string of the molecule is CC.Cn1ccc(-c2ccc(CN3CCC(C)(CC#N)CC3)cc2)n1. The zero-order valence-electron chi connectivity index (χ0n) is 16.0. The van der Waals surface area contributed by atoms with Crippen LogP contribution in [0.4, 0.5) is 0 Å². The lowest BCUT2D eigenvalue weighted by molar-refractivity contribution is 0.116. The highest BCUT2D eigenvalue weighted by molar-refractivity contribution is 5.58. The summed E-state index contributed by atoms with van der Waals surface area (Å²) in [5.74, 6) is 0. The van der Waals surface area contributed by atoms with Crippen molar-refractivity contribution in [1.29, 1.82) is 5.26 Å². The monoisotopic (exact) mass is 338 g/mol. The molecule has 134 valence electrons. The Hall–Kier alpha value is -2.12. The van der Waals surface area contributed by atoms with Crippen LogP contribution in [0, 0.1) is 16.7 Å². The van der Waals surface area contributed by atoms with Gasteiger partial charge in [0.1, 0.15) is 0 Å². The maximum atomic E-state index is 8.94. The molecule has 0 unspecified atom stereocenters. The van der Waals surface area contributed by atoms with E-state index in [1.807, 2.05) is 37.8 Å². The van der Waals surface area contributed by atoms with Crippen LogP contribution in [0.2, 0.25) is 0 Å².